The summed E-state index contributed by atoms with van der Waals surface area (Å²) < 4.78 is 50.2. The number of cyclic esters (lactones) is 1. The van der Waals surface area contributed by atoms with Crippen molar-refractivity contribution in [3.63, 3.8) is 0 Å². The molecule has 3 saturated heterocycles. The summed E-state index contributed by atoms with van der Waals surface area (Å²) in [7, 11) is 10.6. The SMILES string of the molecule is CC[C@H]1OC(=O)[C@H](C)[C@@H](O[C@H]2C[C@@](C)(OC)[C@@H](OC)[C@@H](C)O2)[C@H](C)[C@@H](O[C@@H]2O[C@H](C)C[C@@H](N(C)C)[C@H]2O)[C@](C)(O)C[C@@H](C)N(C)C[C@H](C)[C@@H](OC)[C@]1(C)O. The van der Waals surface area contributed by atoms with Crippen LogP contribution in [-0.2, 0) is 42.7 Å². The molecule has 0 aromatic rings. The van der Waals surface area contributed by atoms with Crippen LogP contribution in [0.25, 0.3) is 0 Å². The highest BCUT2D eigenvalue weighted by molar-refractivity contribution is 5.73. The Kier molecular flexibility index (Phi) is 16.8. The molecule has 3 heterocycles. The molecule has 0 unspecified atom stereocenters. The van der Waals surface area contributed by atoms with E-state index in [0.29, 0.717) is 19.4 Å². The highest BCUT2D eigenvalue weighted by Crippen LogP contribution is 2.40. The van der Waals surface area contributed by atoms with E-state index in [1.54, 1.807) is 42.1 Å². The first-order valence-corrected chi connectivity index (χ1v) is 19.9. The number of ether oxygens (including phenoxy) is 8. The molecular formula is C40H76N2O12. The third-order valence-electron chi connectivity index (χ3n) is 12.7. The number of carbonyl (C=O) groups excluding carboxylic acids is 1. The monoisotopic (exact) mass is 777 g/mol. The first kappa shape index (κ1) is 47.4. The quantitative estimate of drug-likeness (QED) is 0.293. The lowest BCUT2D eigenvalue weighted by molar-refractivity contribution is -0.319. The van der Waals surface area contributed by atoms with Crippen molar-refractivity contribution in [2.45, 2.75) is 185 Å². The van der Waals surface area contributed by atoms with Gasteiger partial charge >= 0.3 is 5.97 Å². The molecule has 0 bridgehead atoms. The molecule has 3 aliphatic heterocycles. The van der Waals surface area contributed by atoms with Gasteiger partial charge in [-0.2, -0.15) is 0 Å². The van der Waals surface area contributed by atoms with Crippen molar-refractivity contribution in [1.82, 2.24) is 9.80 Å². The number of rotatable bonds is 9. The Labute approximate surface area is 325 Å². The average Bonchev–Trinajstić information content (AvgIpc) is 3.08. The van der Waals surface area contributed by atoms with Crippen LogP contribution in [0.3, 0.4) is 0 Å². The number of likely N-dealkylation sites (N-methyl/N-ethyl adjacent to an activating group) is 1. The predicted octanol–water partition coefficient (Wildman–Crippen LogP) is 3.21. The fourth-order valence-corrected chi connectivity index (χ4v) is 9.53. The van der Waals surface area contributed by atoms with E-state index in [-0.39, 0.29) is 43.1 Å². The van der Waals surface area contributed by atoms with Crippen LogP contribution in [0.2, 0.25) is 0 Å². The van der Waals surface area contributed by atoms with Crippen LogP contribution in [0.4, 0.5) is 0 Å². The van der Waals surface area contributed by atoms with Gasteiger partial charge in [-0.25, -0.2) is 0 Å². The van der Waals surface area contributed by atoms with Gasteiger partial charge < -0.3 is 63.0 Å². The largest absolute Gasteiger partial charge is 0.459 e. The van der Waals surface area contributed by atoms with Crippen molar-refractivity contribution in [2.24, 2.45) is 17.8 Å². The smallest absolute Gasteiger partial charge is 0.311 e. The number of aliphatic hydroxyl groups excluding tert-OH is 1. The van der Waals surface area contributed by atoms with Gasteiger partial charge in [-0.1, -0.05) is 20.8 Å². The zero-order chi connectivity index (χ0) is 41.1. The standard InChI is InChI=1S/C40H76N2O12/c1-17-29-40(10,46)33(47-14)22(2)21-42(13)23(3)19-38(8,45)34(54-37-31(43)28(41(11)12)18-24(4)50-37)25(5)32(26(6)36(44)52-29)53-30-20-39(9,49-16)35(48-15)27(7)51-30/h22-35,37,43,45-46H,17-21H2,1-16H3/t22-,23+,24+,25-,26+,27+,28+,29+,30-,31+,32-,33+,34+,35-,37-,38+,39+,40+/m0/s1. The second-order valence-corrected chi connectivity index (χ2v) is 17.6. The Morgan fingerprint density at radius 1 is 0.907 bits per heavy atom. The van der Waals surface area contributed by atoms with E-state index in [4.69, 9.17) is 37.9 Å². The Morgan fingerprint density at radius 3 is 2.06 bits per heavy atom. The molecule has 318 valence electrons. The van der Waals surface area contributed by atoms with E-state index < -0.39 is 83.8 Å². The van der Waals surface area contributed by atoms with Gasteiger partial charge in [0.2, 0.25) is 0 Å². The number of esters is 1. The van der Waals surface area contributed by atoms with Crippen molar-refractivity contribution in [3.05, 3.63) is 0 Å². The van der Waals surface area contributed by atoms with E-state index in [2.05, 4.69) is 4.90 Å². The van der Waals surface area contributed by atoms with Gasteiger partial charge in [0.05, 0.1) is 47.6 Å². The number of aliphatic hydroxyl groups is 3. The fraction of sp³-hybridized carbons (Fsp3) is 0.975. The molecular weight excluding hydrogens is 700 g/mol. The topological polar surface area (TPSA) is 158 Å². The zero-order valence-corrected chi connectivity index (χ0v) is 36.1. The molecule has 3 aliphatic rings. The van der Waals surface area contributed by atoms with Crippen molar-refractivity contribution in [3.8, 4) is 0 Å². The van der Waals surface area contributed by atoms with Crippen LogP contribution >= 0.6 is 0 Å². The number of hydrogen-bond donors (Lipinski definition) is 3. The number of hydrogen-bond acceptors (Lipinski definition) is 14. The van der Waals surface area contributed by atoms with Crippen LogP contribution in [0, 0.1) is 17.8 Å². The summed E-state index contributed by atoms with van der Waals surface area (Å²) in [5.74, 6) is -2.42. The van der Waals surface area contributed by atoms with Crippen molar-refractivity contribution in [1.29, 1.82) is 0 Å². The molecule has 3 rings (SSSR count). The molecule has 54 heavy (non-hydrogen) atoms. The molecule has 0 amide bonds. The van der Waals surface area contributed by atoms with E-state index in [1.165, 1.54) is 0 Å². The Bertz CT molecular complexity index is 1180. The average molecular weight is 777 g/mol. The van der Waals surface area contributed by atoms with Gasteiger partial charge in [-0.05, 0) is 94.8 Å². The van der Waals surface area contributed by atoms with Crippen LogP contribution in [-0.4, -0.2) is 170 Å². The first-order chi connectivity index (χ1) is 25.0. The van der Waals surface area contributed by atoms with E-state index in [0.717, 1.165) is 0 Å². The highest BCUT2D eigenvalue weighted by Gasteiger charge is 2.53. The van der Waals surface area contributed by atoms with Gasteiger partial charge in [0, 0.05) is 52.3 Å². The summed E-state index contributed by atoms with van der Waals surface area (Å²) in [4.78, 5) is 18.5. The summed E-state index contributed by atoms with van der Waals surface area (Å²) in [6, 6.07) is -0.426. The molecule has 18 atom stereocenters. The van der Waals surface area contributed by atoms with Gasteiger partial charge in [0.1, 0.15) is 23.9 Å². The fourth-order valence-electron chi connectivity index (χ4n) is 9.53. The molecule has 3 N–H and O–H groups in total. The zero-order valence-electron chi connectivity index (χ0n) is 36.1. The van der Waals surface area contributed by atoms with Crippen molar-refractivity contribution < 1.29 is 58.0 Å². The molecule has 0 saturated carbocycles. The van der Waals surface area contributed by atoms with E-state index in [9.17, 15) is 20.1 Å². The number of nitrogens with zero attached hydrogens (tertiary/aromatic N) is 2. The normalized spacial score (nSPS) is 48.2. The molecule has 0 radical (unpaired) electrons. The minimum Gasteiger partial charge on any atom is -0.459 e. The summed E-state index contributed by atoms with van der Waals surface area (Å²) in [5, 5.41) is 36.3. The summed E-state index contributed by atoms with van der Waals surface area (Å²) in [6.07, 6.45) is -6.04. The van der Waals surface area contributed by atoms with Gasteiger partial charge in [0.15, 0.2) is 12.6 Å². The van der Waals surface area contributed by atoms with Crippen LogP contribution in [0.1, 0.15) is 94.9 Å². The summed E-state index contributed by atoms with van der Waals surface area (Å²) >= 11 is 0. The molecule has 0 aliphatic carbocycles. The third-order valence-corrected chi connectivity index (χ3v) is 12.7. The second-order valence-electron chi connectivity index (χ2n) is 17.6. The first-order valence-electron chi connectivity index (χ1n) is 19.9. The van der Waals surface area contributed by atoms with Crippen LogP contribution < -0.4 is 0 Å². The van der Waals surface area contributed by atoms with Crippen LogP contribution in [0.15, 0.2) is 0 Å². The molecule has 14 nitrogen and oxygen atoms in total. The van der Waals surface area contributed by atoms with Crippen molar-refractivity contribution in [2.75, 3.05) is 49.0 Å². The molecule has 0 aromatic heterocycles. The maximum Gasteiger partial charge on any atom is 0.311 e. The third kappa shape index (κ3) is 10.5. The van der Waals surface area contributed by atoms with Crippen LogP contribution in [0.5, 0.6) is 0 Å². The Balaban J connectivity index is 2.20. The van der Waals surface area contributed by atoms with E-state index in [1.807, 2.05) is 74.5 Å². The molecule has 0 spiro atoms. The lowest BCUT2D eigenvalue weighted by atomic mass is 9.78. The van der Waals surface area contributed by atoms with E-state index >= 15 is 0 Å². The van der Waals surface area contributed by atoms with Gasteiger partial charge in [0.25, 0.3) is 0 Å². The maximum absolute atomic E-state index is 14.4. The Hall–Kier alpha value is -1.01. The molecule has 0 aromatic carbocycles. The maximum atomic E-state index is 14.4. The summed E-state index contributed by atoms with van der Waals surface area (Å²) in [6.45, 7) is 19.1. The number of methoxy groups -OCH3 is 3. The predicted molar refractivity (Wildman–Crippen MR) is 204 cm³/mol. The lowest BCUT2D eigenvalue weighted by Gasteiger charge is -2.49. The minimum absolute atomic E-state index is 0.175. The second kappa shape index (κ2) is 19.2. The number of carbonyl (C=O) groups is 1. The van der Waals surface area contributed by atoms with Gasteiger partial charge in [-0.15, -0.1) is 0 Å². The van der Waals surface area contributed by atoms with Crippen molar-refractivity contribution >= 4 is 5.97 Å². The van der Waals surface area contributed by atoms with Gasteiger partial charge in [-0.3, -0.25) is 4.79 Å². The lowest BCUT2D eigenvalue weighted by Crippen LogP contribution is -2.61. The summed E-state index contributed by atoms with van der Waals surface area (Å²) in [5.41, 5.74) is -3.84. The highest BCUT2D eigenvalue weighted by atomic mass is 16.7. The minimum atomic E-state index is -1.53. The Morgan fingerprint density at radius 2 is 1.52 bits per heavy atom. The molecule has 14 heteroatoms. The molecule has 3 fully saturated rings.